The predicted octanol–water partition coefficient (Wildman–Crippen LogP) is 2.78. The first-order valence-electron chi connectivity index (χ1n) is 7.04. The van der Waals surface area contributed by atoms with E-state index in [1.165, 1.54) is 12.2 Å². The van der Waals surface area contributed by atoms with Crippen molar-refractivity contribution >= 4 is 5.78 Å². The molecule has 4 nitrogen and oxygen atoms in total. The first kappa shape index (κ1) is 14.5. The van der Waals surface area contributed by atoms with Gasteiger partial charge in [0.05, 0.1) is 0 Å². The lowest BCUT2D eigenvalue weighted by Crippen LogP contribution is -2.24. The van der Waals surface area contributed by atoms with Crippen molar-refractivity contribution in [3.05, 3.63) is 77.9 Å². The second-order valence-corrected chi connectivity index (χ2v) is 5.01. The Morgan fingerprint density at radius 3 is 2.50 bits per heavy atom. The van der Waals surface area contributed by atoms with Gasteiger partial charge in [0, 0.05) is 0 Å². The fourth-order valence-corrected chi connectivity index (χ4v) is 2.24. The highest BCUT2D eigenvalue weighted by molar-refractivity contribution is 5.95. The molecule has 0 unspecified atom stereocenters. The van der Waals surface area contributed by atoms with Crippen molar-refractivity contribution in [2.24, 2.45) is 0 Å². The Morgan fingerprint density at radius 1 is 1.05 bits per heavy atom. The topological polar surface area (TPSA) is 55.8 Å². The molecule has 0 radical (unpaired) electrons. The highest BCUT2D eigenvalue weighted by atomic mass is 16.6. The van der Waals surface area contributed by atoms with Gasteiger partial charge in [-0.05, 0) is 35.4 Å². The third kappa shape index (κ3) is 3.42. The van der Waals surface area contributed by atoms with Gasteiger partial charge in [-0.2, -0.15) is 0 Å². The van der Waals surface area contributed by atoms with E-state index in [0.29, 0.717) is 17.9 Å². The van der Waals surface area contributed by atoms with E-state index in [-0.39, 0.29) is 5.78 Å². The summed E-state index contributed by atoms with van der Waals surface area (Å²) in [6, 6.07) is 17.0. The zero-order chi connectivity index (χ0) is 15.4. The number of aliphatic hydroxyl groups excluding tert-OH is 1. The molecule has 1 aliphatic heterocycles. The third-order valence-electron chi connectivity index (χ3n) is 3.39. The van der Waals surface area contributed by atoms with Crippen LogP contribution in [0.4, 0.5) is 0 Å². The maximum atomic E-state index is 11.8. The Morgan fingerprint density at radius 2 is 1.77 bits per heavy atom. The maximum Gasteiger partial charge on any atom is 0.188 e. The van der Waals surface area contributed by atoms with Crippen molar-refractivity contribution < 1.29 is 19.4 Å². The first-order valence-corrected chi connectivity index (χ1v) is 7.04. The molecule has 0 aliphatic carbocycles. The quantitative estimate of drug-likeness (QED) is 0.942. The van der Waals surface area contributed by atoms with Crippen LogP contribution in [0.5, 0.6) is 5.75 Å². The van der Waals surface area contributed by atoms with E-state index in [0.717, 1.165) is 5.56 Å². The lowest BCUT2D eigenvalue weighted by molar-refractivity contribution is -0.149. The number of benzene rings is 2. The summed E-state index contributed by atoms with van der Waals surface area (Å²) >= 11 is 0. The molecule has 0 aromatic heterocycles. The van der Waals surface area contributed by atoms with Crippen LogP contribution in [0, 0.1) is 0 Å². The summed E-state index contributed by atoms with van der Waals surface area (Å²) in [5, 5.41) is 9.44. The smallest absolute Gasteiger partial charge is 0.188 e. The van der Waals surface area contributed by atoms with Gasteiger partial charge in [0.2, 0.25) is 0 Å². The van der Waals surface area contributed by atoms with Gasteiger partial charge in [-0.25, -0.2) is 0 Å². The molecule has 0 amide bonds. The van der Waals surface area contributed by atoms with Crippen LogP contribution in [0.15, 0.2) is 66.7 Å². The highest BCUT2D eigenvalue weighted by Crippen LogP contribution is 2.26. The van der Waals surface area contributed by atoms with Crippen LogP contribution < -0.4 is 4.74 Å². The van der Waals surface area contributed by atoms with Crippen LogP contribution in [-0.2, 0) is 16.1 Å². The molecule has 0 saturated heterocycles. The molecule has 2 aromatic rings. The predicted molar refractivity (Wildman–Crippen MR) is 81.2 cm³/mol. The number of carbonyl (C=O) groups is 1. The van der Waals surface area contributed by atoms with Gasteiger partial charge in [0.1, 0.15) is 18.5 Å². The van der Waals surface area contributed by atoms with E-state index in [2.05, 4.69) is 0 Å². The molecule has 22 heavy (non-hydrogen) atoms. The molecule has 112 valence electrons. The molecular weight excluding hydrogens is 280 g/mol. The molecule has 1 N–H and O–H groups in total. The maximum absolute atomic E-state index is 11.8. The van der Waals surface area contributed by atoms with Crippen LogP contribution in [0.1, 0.15) is 17.2 Å². The molecule has 2 atom stereocenters. The van der Waals surface area contributed by atoms with Crippen LogP contribution in [0.2, 0.25) is 0 Å². The lowest BCUT2D eigenvalue weighted by Gasteiger charge is -2.21. The summed E-state index contributed by atoms with van der Waals surface area (Å²) in [7, 11) is 0. The number of rotatable bonds is 4. The third-order valence-corrected chi connectivity index (χ3v) is 3.39. The minimum atomic E-state index is -1.04. The summed E-state index contributed by atoms with van der Waals surface area (Å²) in [6.07, 6.45) is 0.870. The molecule has 4 heteroatoms. The summed E-state index contributed by atoms with van der Waals surface area (Å²) in [5.74, 6) is 0.537. The second kappa shape index (κ2) is 6.56. The van der Waals surface area contributed by atoms with Crippen molar-refractivity contribution in [1.29, 1.82) is 0 Å². The van der Waals surface area contributed by atoms with Gasteiger partial charge in [-0.15, -0.1) is 0 Å². The minimum absolute atomic E-state index is 0.178. The molecule has 1 aliphatic rings. The molecule has 1 heterocycles. The van der Waals surface area contributed by atoms with Crippen molar-refractivity contribution in [3.63, 3.8) is 0 Å². The summed E-state index contributed by atoms with van der Waals surface area (Å²) in [6.45, 7) is 0.487. The van der Waals surface area contributed by atoms with Crippen molar-refractivity contribution in [3.8, 4) is 5.75 Å². The average molecular weight is 296 g/mol. The Kier molecular flexibility index (Phi) is 4.32. The van der Waals surface area contributed by atoms with E-state index < -0.39 is 12.4 Å². The van der Waals surface area contributed by atoms with Gasteiger partial charge >= 0.3 is 0 Å². The Balaban J connectivity index is 1.65. The molecule has 2 aromatic carbocycles. The lowest BCUT2D eigenvalue weighted by atomic mass is 10.0. The number of ketones is 1. The molecular formula is C18H16O4. The monoisotopic (exact) mass is 296 g/mol. The fraction of sp³-hybridized carbons (Fsp3) is 0.167. The number of hydrogen-bond acceptors (Lipinski definition) is 4. The van der Waals surface area contributed by atoms with Crippen molar-refractivity contribution in [1.82, 2.24) is 0 Å². The number of ether oxygens (including phenoxy) is 2. The fourth-order valence-electron chi connectivity index (χ4n) is 2.24. The number of carbonyl (C=O) groups excluding carboxylic acids is 1. The van der Waals surface area contributed by atoms with Gasteiger partial charge in [0.25, 0.3) is 0 Å². The summed E-state index contributed by atoms with van der Waals surface area (Å²) < 4.78 is 10.9. The average Bonchev–Trinajstić information content (AvgIpc) is 2.57. The van der Waals surface area contributed by atoms with E-state index in [1.807, 2.05) is 30.3 Å². The zero-order valence-electron chi connectivity index (χ0n) is 11.9. The van der Waals surface area contributed by atoms with Crippen molar-refractivity contribution in [2.45, 2.75) is 19.0 Å². The molecule has 0 bridgehead atoms. The van der Waals surface area contributed by atoms with Crippen LogP contribution >= 0.6 is 0 Å². The van der Waals surface area contributed by atoms with Gasteiger partial charge in [-0.3, -0.25) is 4.79 Å². The van der Waals surface area contributed by atoms with Crippen molar-refractivity contribution in [2.75, 3.05) is 0 Å². The van der Waals surface area contributed by atoms with Gasteiger partial charge < -0.3 is 14.6 Å². The zero-order valence-corrected chi connectivity index (χ0v) is 11.9. The Bertz CT molecular complexity index is 661. The normalized spacial score (nSPS) is 20.9. The van der Waals surface area contributed by atoms with E-state index in [1.54, 1.807) is 24.3 Å². The number of aliphatic hydroxyl groups is 1. The molecule has 3 rings (SSSR count). The van der Waals surface area contributed by atoms with Crippen LogP contribution in [0.3, 0.4) is 0 Å². The minimum Gasteiger partial charge on any atom is -0.489 e. The van der Waals surface area contributed by atoms with E-state index >= 15 is 0 Å². The summed E-state index contributed by atoms with van der Waals surface area (Å²) in [4.78, 5) is 11.8. The standard InChI is InChI=1S/C18H16O4/c19-16-10-11-17(20)22-18(16)14-6-8-15(9-7-14)21-12-13-4-2-1-3-5-13/h1-11,17-18,20H,12H2/t17-,18+/m0/s1. The molecule has 0 spiro atoms. The Hall–Kier alpha value is -2.43. The van der Waals surface area contributed by atoms with Gasteiger partial charge in [-0.1, -0.05) is 42.5 Å². The van der Waals surface area contributed by atoms with E-state index in [4.69, 9.17) is 9.47 Å². The Labute approximate surface area is 128 Å². The second-order valence-electron chi connectivity index (χ2n) is 5.01. The summed E-state index contributed by atoms with van der Waals surface area (Å²) in [5.41, 5.74) is 1.78. The number of hydrogen-bond donors (Lipinski definition) is 1. The largest absolute Gasteiger partial charge is 0.489 e. The first-order chi connectivity index (χ1) is 10.7. The molecule has 0 fully saturated rings. The SMILES string of the molecule is O=C1C=C[C@@H](O)O[C@@H]1c1ccc(OCc2ccccc2)cc1. The van der Waals surface area contributed by atoms with Gasteiger partial charge in [0.15, 0.2) is 12.1 Å². The van der Waals surface area contributed by atoms with Crippen LogP contribution in [-0.4, -0.2) is 17.2 Å². The highest BCUT2D eigenvalue weighted by Gasteiger charge is 2.25. The van der Waals surface area contributed by atoms with E-state index in [9.17, 15) is 9.90 Å². The molecule has 0 saturated carbocycles. The van der Waals surface area contributed by atoms with Crippen LogP contribution in [0.25, 0.3) is 0 Å².